The number of rotatable bonds is 3. The first kappa shape index (κ1) is 13.1. The number of halogens is 1. The van der Waals surface area contributed by atoms with Crippen LogP contribution >= 0.6 is 11.6 Å². The van der Waals surface area contributed by atoms with Gasteiger partial charge in [0.05, 0.1) is 6.04 Å². The van der Waals surface area contributed by atoms with E-state index in [1.807, 2.05) is 20.0 Å². The van der Waals surface area contributed by atoms with Crippen LogP contribution in [0.3, 0.4) is 0 Å². The molecule has 2 rings (SSSR count). The van der Waals surface area contributed by atoms with Gasteiger partial charge in [0.25, 0.3) is 0 Å². The summed E-state index contributed by atoms with van der Waals surface area (Å²) in [6.07, 6.45) is 0. The maximum atomic E-state index is 6.20. The first-order valence-corrected chi connectivity index (χ1v) is 6.49. The van der Waals surface area contributed by atoms with Crippen LogP contribution < -0.4 is 5.32 Å². The molecule has 0 radical (unpaired) electrons. The molecule has 0 spiro atoms. The zero-order chi connectivity index (χ0) is 13.1. The summed E-state index contributed by atoms with van der Waals surface area (Å²) in [7, 11) is 1.97. The molecule has 1 nitrogen and oxygen atoms in total. The van der Waals surface area contributed by atoms with E-state index >= 15 is 0 Å². The van der Waals surface area contributed by atoms with Crippen molar-refractivity contribution in [2.24, 2.45) is 0 Å². The molecule has 1 N–H and O–H groups in total. The Labute approximate surface area is 114 Å². The van der Waals surface area contributed by atoms with Crippen LogP contribution in [0.15, 0.2) is 42.5 Å². The summed E-state index contributed by atoms with van der Waals surface area (Å²) in [5.41, 5.74) is 4.83. The summed E-state index contributed by atoms with van der Waals surface area (Å²) in [4.78, 5) is 0. The van der Waals surface area contributed by atoms with Gasteiger partial charge in [-0.1, -0.05) is 53.6 Å². The van der Waals surface area contributed by atoms with E-state index in [-0.39, 0.29) is 6.04 Å². The molecule has 2 aromatic carbocycles. The fourth-order valence-electron chi connectivity index (χ4n) is 2.07. The highest BCUT2D eigenvalue weighted by Crippen LogP contribution is 2.26. The SMILES string of the molecule is CNC(c1ccc(C)cc1)c1ccc(C)c(Cl)c1. The Bertz CT molecular complexity index is 531. The van der Waals surface area contributed by atoms with Crippen LogP contribution in [0.4, 0.5) is 0 Å². The van der Waals surface area contributed by atoms with Gasteiger partial charge in [-0.05, 0) is 43.7 Å². The Morgan fingerprint density at radius 2 is 1.56 bits per heavy atom. The molecule has 0 fully saturated rings. The zero-order valence-electron chi connectivity index (χ0n) is 11.0. The third-order valence-corrected chi connectivity index (χ3v) is 3.64. The minimum atomic E-state index is 0.184. The van der Waals surface area contributed by atoms with Crippen molar-refractivity contribution < 1.29 is 0 Å². The number of nitrogens with one attached hydrogen (secondary N) is 1. The molecule has 0 bridgehead atoms. The van der Waals surface area contributed by atoms with E-state index in [1.54, 1.807) is 0 Å². The average molecular weight is 260 g/mol. The Hall–Kier alpha value is -1.31. The Morgan fingerprint density at radius 3 is 2.11 bits per heavy atom. The van der Waals surface area contributed by atoms with Crippen LogP contribution in [0.25, 0.3) is 0 Å². The van der Waals surface area contributed by atoms with Gasteiger partial charge in [0.1, 0.15) is 0 Å². The van der Waals surface area contributed by atoms with E-state index in [0.717, 1.165) is 10.6 Å². The Kier molecular flexibility index (Phi) is 4.05. The lowest BCUT2D eigenvalue weighted by Gasteiger charge is -2.18. The highest BCUT2D eigenvalue weighted by Gasteiger charge is 2.12. The molecule has 0 aliphatic rings. The van der Waals surface area contributed by atoms with Gasteiger partial charge >= 0.3 is 0 Å². The predicted molar refractivity (Wildman–Crippen MR) is 78.3 cm³/mol. The fourth-order valence-corrected chi connectivity index (χ4v) is 2.26. The van der Waals surface area contributed by atoms with Gasteiger partial charge in [-0.3, -0.25) is 0 Å². The van der Waals surface area contributed by atoms with E-state index in [2.05, 4.69) is 48.6 Å². The van der Waals surface area contributed by atoms with Crippen LogP contribution in [-0.2, 0) is 0 Å². The van der Waals surface area contributed by atoms with Crippen LogP contribution in [0.5, 0.6) is 0 Å². The van der Waals surface area contributed by atoms with E-state index < -0.39 is 0 Å². The van der Waals surface area contributed by atoms with Crippen molar-refractivity contribution in [3.8, 4) is 0 Å². The Morgan fingerprint density at radius 1 is 0.944 bits per heavy atom. The number of aryl methyl sites for hydroxylation is 2. The van der Waals surface area contributed by atoms with Gasteiger partial charge in [0.2, 0.25) is 0 Å². The van der Waals surface area contributed by atoms with E-state index in [9.17, 15) is 0 Å². The minimum absolute atomic E-state index is 0.184. The summed E-state index contributed by atoms with van der Waals surface area (Å²) >= 11 is 6.20. The van der Waals surface area contributed by atoms with E-state index in [0.29, 0.717) is 0 Å². The molecule has 2 aromatic rings. The molecular formula is C16H18ClN. The van der Waals surface area contributed by atoms with Gasteiger partial charge in [-0.25, -0.2) is 0 Å². The standard InChI is InChI=1S/C16H18ClN/c1-11-4-7-13(8-5-11)16(18-3)14-9-6-12(2)15(17)10-14/h4-10,16,18H,1-3H3. The lowest BCUT2D eigenvalue weighted by atomic mass is 9.97. The van der Waals surface area contributed by atoms with Gasteiger partial charge < -0.3 is 5.32 Å². The van der Waals surface area contributed by atoms with Crippen molar-refractivity contribution in [2.75, 3.05) is 7.05 Å². The maximum absolute atomic E-state index is 6.20. The number of benzene rings is 2. The lowest BCUT2D eigenvalue weighted by molar-refractivity contribution is 0.691. The van der Waals surface area contributed by atoms with Crippen molar-refractivity contribution in [2.45, 2.75) is 19.9 Å². The van der Waals surface area contributed by atoms with E-state index in [1.165, 1.54) is 16.7 Å². The number of hydrogen-bond donors (Lipinski definition) is 1. The van der Waals surface area contributed by atoms with Crippen molar-refractivity contribution in [1.29, 1.82) is 0 Å². The van der Waals surface area contributed by atoms with Crippen molar-refractivity contribution in [3.05, 3.63) is 69.7 Å². The monoisotopic (exact) mass is 259 g/mol. The molecule has 0 aliphatic heterocycles. The molecular weight excluding hydrogens is 242 g/mol. The zero-order valence-corrected chi connectivity index (χ0v) is 11.8. The second-order valence-corrected chi connectivity index (χ2v) is 5.05. The lowest BCUT2D eigenvalue weighted by Crippen LogP contribution is -2.17. The average Bonchev–Trinajstić information content (AvgIpc) is 2.37. The first-order valence-electron chi connectivity index (χ1n) is 6.11. The molecule has 2 heteroatoms. The van der Waals surface area contributed by atoms with Gasteiger partial charge in [0, 0.05) is 5.02 Å². The van der Waals surface area contributed by atoms with Crippen LogP contribution in [0, 0.1) is 13.8 Å². The molecule has 94 valence electrons. The molecule has 0 aliphatic carbocycles. The molecule has 1 atom stereocenters. The molecule has 0 heterocycles. The van der Waals surface area contributed by atoms with E-state index in [4.69, 9.17) is 11.6 Å². The fraction of sp³-hybridized carbons (Fsp3) is 0.250. The molecule has 0 aromatic heterocycles. The summed E-state index contributed by atoms with van der Waals surface area (Å²) in [6.45, 7) is 4.12. The normalized spacial score (nSPS) is 12.4. The first-order chi connectivity index (χ1) is 8.61. The summed E-state index contributed by atoms with van der Waals surface area (Å²) in [5.74, 6) is 0. The van der Waals surface area contributed by atoms with Crippen molar-refractivity contribution >= 4 is 11.6 Å². The maximum Gasteiger partial charge on any atom is 0.0574 e. The molecule has 0 saturated heterocycles. The quantitative estimate of drug-likeness (QED) is 0.868. The van der Waals surface area contributed by atoms with Crippen LogP contribution in [0.2, 0.25) is 5.02 Å². The summed E-state index contributed by atoms with van der Waals surface area (Å²) in [5, 5.41) is 4.16. The molecule has 1 unspecified atom stereocenters. The van der Waals surface area contributed by atoms with Crippen molar-refractivity contribution in [3.63, 3.8) is 0 Å². The third-order valence-electron chi connectivity index (χ3n) is 3.23. The highest BCUT2D eigenvalue weighted by molar-refractivity contribution is 6.31. The largest absolute Gasteiger partial charge is 0.309 e. The van der Waals surface area contributed by atoms with Gasteiger partial charge in [-0.2, -0.15) is 0 Å². The summed E-state index contributed by atoms with van der Waals surface area (Å²) < 4.78 is 0. The predicted octanol–water partition coefficient (Wildman–Crippen LogP) is 4.27. The topological polar surface area (TPSA) is 12.0 Å². The minimum Gasteiger partial charge on any atom is -0.309 e. The van der Waals surface area contributed by atoms with Gasteiger partial charge in [0.15, 0.2) is 0 Å². The number of hydrogen-bond acceptors (Lipinski definition) is 1. The van der Waals surface area contributed by atoms with Crippen LogP contribution in [0.1, 0.15) is 28.3 Å². The second kappa shape index (κ2) is 5.55. The smallest absolute Gasteiger partial charge is 0.0574 e. The van der Waals surface area contributed by atoms with Crippen LogP contribution in [-0.4, -0.2) is 7.05 Å². The third kappa shape index (κ3) is 2.74. The van der Waals surface area contributed by atoms with Crippen molar-refractivity contribution in [1.82, 2.24) is 5.32 Å². The highest BCUT2D eigenvalue weighted by atomic mass is 35.5. The summed E-state index contributed by atoms with van der Waals surface area (Å²) in [6, 6.07) is 15.0. The molecule has 0 saturated carbocycles. The molecule has 0 amide bonds. The molecule has 18 heavy (non-hydrogen) atoms. The second-order valence-electron chi connectivity index (χ2n) is 4.64. The van der Waals surface area contributed by atoms with Gasteiger partial charge in [-0.15, -0.1) is 0 Å². The Balaban J connectivity index is 2.38.